The van der Waals surface area contributed by atoms with Gasteiger partial charge in [0.25, 0.3) is 0 Å². The van der Waals surface area contributed by atoms with Crippen LogP contribution in [0.15, 0.2) is 0 Å². The van der Waals surface area contributed by atoms with Crippen LogP contribution < -0.4 is 5.32 Å². The molecule has 12 heavy (non-hydrogen) atoms. The first-order valence-corrected chi connectivity index (χ1v) is 4.50. The largest absolute Gasteiger partial charge is 0.377 e. The molecule has 70 valence electrons. The van der Waals surface area contributed by atoms with E-state index in [0.717, 1.165) is 26.1 Å². The topological polar surface area (TPSA) is 45.0 Å². The normalized spacial score (nSPS) is 12.4. The monoisotopic (exact) mass is 170 g/mol. The van der Waals surface area contributed by atoms with Gasteiger partial charge in [-0.25, -0.2) is 0 Å². The summed E-state index contributed by atoms with van der Waals surface area (Å²) in [5.41, 5.74) is 0. The van der Waals surface area contributed by atoms with Crippen molar-refractivity contribution in [3.05, 3.63) is 0 Å². The van der Waals surface area contributed by atoms with Crippen molar-refractivity contribution >= 4 is 0 Å². The third kappa shape index (κ3) is 7.52. The molecule has 0 radical (unpaired) electrons. The quantitative estimate of drug-likeness (QED) is 0.586. The number of unbranched alkanes of at least 4 members (excludes halogenated alkanes) is 1. The number of hydrogen-bond acceptors (Lipinski definition) is 3. The molecule has 3 nitrogen and oxygen atoms in total. The van der Waals surface area contributed by atoms with Crippen molar-refractivity contribution in [3.63, 3.8) is 0 Å². The van der Waals surface area contributed by atoms with Crippen LogP contribution in [0, 0.1) is 11.3 Å². The van der Waals surface area contributed by atoms with Gasteiger partial charge >= 0.3 is 0 Å². The van der Waals surface area contributed by atoms with Gasteiger partial charge in [-0.2, -0.15) is 5.26 Å². The van der Waals surface area contributed by atoms with Crippen LogP contribution in [0.4, 0.5) is 0 Å². The highest BCUT2D eigenvalue weighted by molar-refractivity contribution is 4.69. The minimum atomic E-state index is 0.275. The van der Waals surface area contributed by atoms with Crippen molar-refractivity contribution in [3.8, 4) is 6.07 Å². The number of nitrogens with zero attached hydrogens (tertiary/aromatic N) is 1. The maximum absolute atomic E-state index is 8.26. The Morgan fingerprint density at radius 1 is 1.58 bits per heavy atom. The first kappa shape index (κ1) is 11.4. The molecule has 0 aliphatic carbocycles. The molecule has 0 fully saturated rings. The van der Waals surface area contributed by atoms with Crippen molar-refractivity contribution in [1.82, 2.24) is 5.32 Å². The summed E-state index contributed by atoms with van der Waals surface area (Å²) in [5.74, 6) is 0. The predicted molar refractivity (Wildman–Crippen MR) is 48.8 cm³/mol. The molecule has 0 amide bonds. The van der Waals surface area contributed by atoms with Gasteiger partial charge in [0.1, 0.15) is 0 Å². The highest BCUT2D eigenvalue weighted by Crippen LogP contribution is 1.88. The molecule has 0 aromatic carbocycles. The maximum Gasteiger partial charge on any atom is 0.0671 e. The summed E-state index contributed by atoms with van der Waals surface area (Å²) in [4.78, 5) is 0. The fourth-order valence-electron chi connectivity index (χ4n) is 0.941. The molecular formula is C9H18N2O. The van der Waals surface area contributed by atoms with Gasteiger partial charge in [-0.3, -0.25) is 0 Å². The second-order valence-corrected chi connectivity index (χ2v) is 2.73. The molecule has 0 aromatic heterocycles. The number of nitrogens with one attached hydrogen (secondary N) is 1. The van der Waals surface area contributed by atoms with Gasteiger partial charge < -0.3 is 10.1 Å². The predicted octanol–water partition coefficient (Wildman–Crippen LogP) is 1.30. The van der Waals surface area contributed by atoms with Gasteiger partial charge in [0, 0.05) is 19.6 Å². The fraction of sp³-hybridized carbons (Fsp3) is 0.889. The summed E-state index contributed by atoms with van der Waals surface area (Å²) < 4.78 is 5.32. The molecular weight excluding hydrogens is 152 g/mol. The smallest absolute Gasteiger partial charge is 0.0671 e. The second kappa shape index (κ2) is 8.51. The van der Waals surface area contributed by atoms with Gasteiger partial charge in [0.05, 0.1) is 12.2 Å². The molecule has 1 unspecified atom stereocenters. The zero-order chi connectivity index (χ0) is 9.23. The van der Waals surface area contributed by atoms with Crippen molar-refractivity contribution in [2.75, 3.05) is 19.7 Å². The van der Waals surface area contributed by atoms with Crippen molar-refractivity contribution in [1.29, 1.82) is 5.26 Å². The summed E-state index contributed by atoms with van der Waals surface area (Å²) in [6, 6.07) is 2.11. The van der Waals surface area contributed by atoms with Crippen LogP contribution in [0.5, 0.6) is 0 Å². The zero-order valence-corrected chi connectivity index (χ0v) is 7.97. The van der Waals surface area contributed by atoms with Crippen molar-refractivity contribution < 1.29 is 4.74 Å². The number of rotatable bonds is 7. The summed E-state index contributed by atoms with van der Waals surface area (Å²) in [6.07, 6.45) is 1.84. The van der Waals surface area contributed by atoms with Gasteiger partial charge in [0.2, 0.25) is 0 Å². The Labute approximate surface area is 74.7 Å². The first-order chi connectivity index (χ1) is 5.81. The minimum Gasteiger partial charge on any atom is -0.377 e. The van der Waals surface area contributed by atoms with Gasteiger partial charge in [-0.15, -0.1) is 0 Å². The lowest BCUT2D eigenvalue weighted by Crippen LogP contribution is -2.27. The van der Waals surface area contributed by atoms with Gasteiger partial charge in [0.15, 0.2) is 0 Å². The molecule has 1 atom stereocenters. The van der Waals surface area contributed by atoms with E-state index < -0.39 is 0 Å². The molecule has 0 heterocycles. The van der Waals surface area contributed by atoms with Crippen LogP contribution in [-0.2, 0) is 4.74 Å². The Morgan fingerprint density at radius 3 is 2.92 bits per heavy atom. The highest BCUT2D eigenvalue weighted by Gasteiger charge is 1.98. The van der Waals surface area contributed by atoms with Crippen LogP contribution in [0.2, 0.25) is 0 Å². The molecule has 0 aliphatic rings. The number of nitriles is 1. The lowest BCUT2D eigenvalue weighted by atomic mass is 10.3. The molecule has 0 aliphatic heterocycles. The molecule has 0 saturated carbocycles. The van der Waals surface area contributed by atoms with Gasteiger partial charge in [-0.05, 0) is 26.8 Å². The third-order valence-corrected chi connectivity index (χ3v) is 1.53. The van der Waals surface area contributed by atoms with E-state index in [1.165, 1.54) is 0 Å². The van der Waals surface area contributed by atoms with E-state index in [9.17, 15) is 0 Å². The lowest BCUT2D eigenvalue weighted by molar-refractivity contribution is 0.0762. The summed E-state index contributed by atoms with van der Waals surface area (Å²) in [7, 11) is 0. The average molecular weight is 170 g/mol. The van der Waals surface area contributed by atoms with Crippen molar-refractivity contribution in [2.45, 2.75) is 32.8 Å². The first-order valence-electron chi connectivity index (χ1n) is 4.50. The van der Waals surface area contributed by atoms with Crippen LogP contribution >= 0.6 is 0 Å². The molecule has 0 bridgehead atoms. The molecule has 1 N–H and O–H groups in total. The molecule has 0 saturated heterocycles. The minimum absolute atomic E-state index is 0.275. The average Bonchev–Trinajstić information content (AvgIpc) is 2.05. The SMILES string of the molecule is CCOC(C)CNCCCC#N. The number of ether oxygens (including phenoxy) is 1. The molecule has 0 rings (SSSR count). The zero-order valence-electron chi connectivity index (χ0n) is 7.97. The van der Waals surface area contributed by atoms with Crippen LogP contribution in [0.25, 0.3) is 0 Å². The van der Waals surface area contributed by atoms with E-state index >= 15 is 0 Å². The highest BCUT2D eigenvalue weighted by atomic mass is 16.5. The summed E-state index contributed by atoms with van der Waals surface area (Å²) in [5, 5.41) is 11.5. The Hall–Kier alpha value is -0.590. The molecule has 0 spiro atoms. The fourth-order valence-corrected chi connectivity index (χ4v) is 0.941. The standard InChI is InChI=1S/C9H18N2O/c1-3-12-9(2)8-11-7-5-4-6-10/h9,11H,3-5,7-8H2,1-2H3. The Kier molecular flexibility index (Phi) is 8.09. The second-order valence-electron chi connectivity index (χ2n) is 2.73. The summed E-state index contributed by atoms with van der Waals surface area (Å²) in [6.45, 7) is 6.58. The van der Waals surface area contributed by atoms with E-state index in [1.54, 1.807) is 0 Å². The van der Waals surface area contributed by atoms with E-state index in [-0.39, 0.29) is 6.10 Å². The van der Waals surface area contributed by atoms with Crippen molar-refractivity contribution in [2.24, 2.45) is 0 Å². The van der Waals surface area contributed by atoms with E-state index in [4.69, 9.17) is 10.00 Å². The number of hydrogen-bond donors (Lipinski definition) is 1. The lowest BCUT2D eigenvalue weighted by Gasteiger charge is -2.11. The molecule has 3 heteroatoms. The summed E-state index contributed by atoms with van der Waals surface area (Å²) >= 11 is 0. The molecule has 0 aromatic rings. The van der Waals surface area contributed by atoms with E-state index in [1.807, 2.05) is 13.8 Å². The Morgan fingerprint density at radius 2 is 2.33 bits per heavy atom. The Balaban J connectivity index is 3.04. The van der Waals surface area contributed by atoms with Gasteiger partial charge in [-0.1, -0.05) is 0 Å². The maximum atomic E-state index is 8.26. The van der Waals surface area contributed by atoms with E-state index in [0.29, 0.717) is 6.42 Å². The third-order valence-electron chi connectivity index (χ3n) is 1.53. The van der Waals surface area contributed by atoms with E-state index in [2.05, 4.69) is 11.4 Å². The van der Waals surface area contributed by atoms with Crippen LogP contribution in [-0.4, -0.2) is 25.8 Å². The van der Waals surface area contributed by atoms with Crippen LogP contribution in [0.3, 0.4) is 0 Å². The van der Waals surface area contributed by atoms with Crippen LogP contribution in [0.1, 0.15) is 26.7 Å². The Bertz CT molecular complexity index is 131.